The molecule has 3 atom stereocenters. The molecular weight excluding hydrogens is 406 g/mol. The van der Waals surface area contributed by atoms with Crippen LogP contribution in [0.1, 0.15) is 44.7 Å². The SMILES string of the molecule is CC[C@H](C)[C@H](NC(=O)N1CCC2(CC1)C(=O)N(C)C2c1ccc(Cl)cc1)C(=O)OC. The lowest BCUT2D eigenvalue weighted by Gasteiger charge is -2.57. The summed E-state index contributed by atoms with van der Waals surface area (Å²) >= 11 is 6.02. The van der Waals surface area contributed by atoms with Crippen molar-refractivity contribution in [1.82, 2.24) is 15.1 Å². The lowest BCUT2D eigenvalue weighted by Crippen LogP contribution is -2.65. The van der Waals surface area contributed by atoms with Crippen LogP contribution in [-0.4, -0.2) is 61.0 Å². The molecule has 30 heavy (non-hydrogen) atoms. The number of carbonyl (C=O) groups is 3. The lowest BCUT2D eigenvalue weighted by molar-refractivity contribution is -0.175. The Morgan fingerprint density at radius 3 is 2.40 bits per heavy atom. The molecule has 2 aliphatic rings. The van der Waals surface area contributed by atoms with E-state index >= 15 is 0 Å². The highest BCUT2D eigenvalue weighted by molar-refractivity contribution is 6.30. The summed E-state index contributed by atoms with van der Waals surface area (Å²) in [6.07, 6.45) is 1.92. The van der Waals surface area contributed by atoms with E-state index < -0.39 is 17.4 Å². The molecule has 3 rings (SSSR count). The van der Waals surface area contributed by atoms with E-state index in [1.165, 1.54) is 7.11 Å². The normalized spacial score (nSPS) is 22.3. The van der Waals surface area contributed by atoms with Crippen molar-refractivity contribution in [3.05, 3.63) is 34.9 Å². The molecule has 2 heterocycles. The summed E-state index contributed by atoms with van der Waals surface area (Å²) < 4.78 is 4.85. The Morgan fingerprint density at radius 2 is 1.87 bits per heavy atom. The third-order valence-corrected chi connectivity index (χ3v) is 6.98. The van der Waals surface area contributed by atoms with Crippen LogP contribution in [0.15, 0.2) is 24.3 Å². The minimum atomic E-state index is -0.679. The first-order valence-corrected chi connectivity index (χ1v) is 10.8. The second-order valence-electron chi connectivity index (χ2n) is 8.35. The van der Waals surface area contributed by atoms with Gasteiger partial charge in [0, 0.05) is 25.2 Å². The second-order valence-corrected chi connectivity index (χ2v) is 8.79. The first-order chi connectivity index (χ1) is 14.2. The number of nitrogens with zero attached hydrogens (tertiary/aromatic N) is 2. The molecule has 164 valence electrons. The van der Waals surface area contributed by atoms with Crippen molar-refractivity contribution in [1.29, 1.82) is 0 Å². The number of amides is 3. The molecule has 1 unspecified atom stereocenters. The molecule has 0 aromatic heterocycles. The van der Waals surface area contributed by atoms with E-state index in [0.717, 1.165) is 12.0 Å². The summed E-state index contributed by atoms with van der Waals surface area (Å²) in [5, 5.41) is 3.48. The van der Waals surface area contributed by atoms with Crippen LogP contribution in [0.3, 0.4) is 0 Å². The number of urea groups is 1. The molecule has 0 radical (unpaired) electrons. The predicted molar refractivity (Wildman–Crippen MR) is 114 cm³/mol. The smallest absolute Gasteiger partial charge is 0.328 e. The number of hydrogen-bond donors (Lipinski definition) is 1. The average molecular weight is 436 g/mol. The van der Waals surface area contributed by atoms with Crippen LogP contribution < -0.4 is 5.32 Å². The number of ether oxygens (including phenoxy) is 1. The van der Waals surface area contributed by atoms with Gasteiger partial charge in [0.25, 0.3) is 0 Å². The van der Waals surface area contributed by atoms with Crippen LogP contribution in [0.5, 0.6) is 0 Å². The fourth-order valence-corrected chi connectivity index (χ4v) is 4.82. The van der Waals surface area contributed by atoms with Gasteiger partial charge in [-0.1, -0.05) is 44.0 Å². The van der Waals surface area contributed by atoms with Gasteiger partial charge in [-0.05, 0) is 36.5 Å². The van der Waals surface area contributed by atoms with Crippen molar-refractivity contribution < 1.29 is 19.1 Å². The molecule has 1 aromatic carbocycles. The van der Waals surface area contributed by atoms with E-state index in [1.807, 2.05) is 45.2 Å². The maximum atomic E-state index is 12.8. The van der Waals surface area contributed by atoms with Gasteiger partial charge in [0.2, 0.25) is 5.91 Å². The van der Waals surface area contributed by atoms with Crippen molar-refractivity contribution in [2.24, 2.45) is 11.3 Å². The van der Waals surface area contributed by atoms with E-state index in [0.29, 0.717) is 31.0 Å². The number of methoxy groups -OCH3 is 1. The predicted octanol–water partition coefficient (Wildman–Crippen LogP) is 3.23. The quantitative estimate of drug-likeness (QED) is 0.568. The van der Waals surface area contributed by atoms with Crippen LogP contribution in [0, 0.1) is 11.3 Å². The molecule has 1 aromatic rings. The summed E-state index contributed by atoms with van der Waals surface area (Å²) in [5.74, 6) is -0.354. The fourth-order valence-electron chi connectivity index (χ4n) is 4.69. The topological polar surface area (TPSA) is 79.0 Å². The standard InChI is InChI=1S/C22H30ClN3O4/c1-5-14(2)17(19(27)30-4)24-21(29)26-12-10-22(11-13-26)18(25(3)20(22)28)15-6-8-16(23)9-7-15/h6-9,14,17-18H,5,10-13H2,1-4H3,(H,24,29)/t14-,17-,18?/m0/s1. The van der Waals surface area contributed by atoms with Gasteiger partial charge in [-0.2, -0.15) is 0 Å². The first-order valence-electron chi connectivity index (χ1n) is 10.4. The van der Waals surface area contributed by atoms with Gasteiger partial charge in [0.05, 0.1) is 18.6 Å². The Bertz CT molecular complexity index is 805. The van der Waals surface area contributed by atoms with E-state index in [1.54, 1.807) is 9.80 Å². The summed E-state index contributed by atoms with van der Waals surface area (Å²) in [6.45, 7) is 4.80. The van der Waals surface area contributed by atoms with E-state index in [9.17, 15) is 14.4 Å². The lowest BCUT2D eigenvalue weighted by atomic mass is 9.62. The maximum Gasteiger partial charge on any atom is 0.328 e. The number of hydrogen-bond acceptors (Lipinski definition) is 4. The van der Waals surface area contributed by atoms with E-state index in [4.69, 9.17) is 16.3 Å². The summed E-state index contributed by atoms with van der Waals surface area (Å²) in [4.78, 5) is 41.2. The average Bonchev–Trinajstić information content (AvgIpc) is 2.77. The number of likely N-dealkylation sites (tertiary alicyclic amines) is 2. The van der Waals surface area contributed by atoms with E-state index in [2.05, 4.69) is 5.32 Å². The monoisotopic (exact) mass is 435 g/mol. The molecule has 7 nitrogen and oxygen atoms in total. The van der Waals surface area contributed by atoms with Gasteiger partial charge in [-0.3, -0.25) is 4.79 Å². The molecule has 2 fully saturated rings. The van der Waals surface area contributed by atoms with Gasteiger partial charge in [-0.25, -0.2) is 9.59 Å². The molecule has 3 amide bonds. The molecule has 0 saturated carbocycles. The highest BCUT2D eigenvalue weighted by atomic mass is 35.5. The van der Waals surface area contributed by atoms with Crippen molar-refractivity contribution in [3.63, 3.8) is 0 Å². The van der Waals surface area contributed by atoms with Crippen molar-refractivity contribution in [2.45, 2.75) is 45.2 Å². The Morgan fingerprint density at radius 1 is 1.27 bits per heavy atom. The number of esters is 1. The zero-order valence-electron chi connectivity index (χ0n) is 18.0. The molecule has 1 N–H and O–H groups in total. The number of carbonyl (C=O) groups excluding carboxylic acids is 3. The summed E-state index contributed by atoms with van der Waals surface area (Å²) in [6, 6.07) is 6.62. The highest BCUT2D eigenvalue weighted by Crippen LogP contribution is 2.55. The number of β-lactam (4-membered cyclic amide) rings is 1. The number of benzene rings is 1. The fraction of sp³-hybridized carbons (Fsp3) is 0.591. The van der Waals surface area contributed by atoms with Gasteiger partial charge >= 0.3 is 12.0 Å². The first kappa shape index (κ1) is 22.4. The Labute approximate surface area is 182 Å². The van der Waals surface area contributed by atoms with Crippen LogP contribution in [0.25, 0.3) is 0 Å². The third-order valence-electron chi connectivity index (χ3n) is 6.73. The van der Waals surface area contributed by atoms with Crippen molar-refractivity contribution in [2.75, 3.05) is 27.2 Å². The Hall–Kier alpha value is -2.28. The Balaban J connectivity index is 1.68. The van der Waals surface area contributed by atoms with Crippen LogP contribution in [-0.2, 0) is 14.3 Å². The minimum Gasteiger partial charge on any atom is -0.467 e. The van der Waals surface area contributed by atoms with Gasteiger partial charge in [0.1, 0.15) is 6.04 Å². The maximum absolute atomic E-state index is 12.8. The molecule has 0 bridgehead atoms. The van der Waals surface area contributed by atoms with Crippen LogP contribution >= 0.6 is 11.6 Å². The highest BCUT2D eigenvalue weighted by Gasteiger charge is 2.60. The van der Waals surface area contributed by atoms with Crippen LogP contribution in [0.2, 0.25) is 5.02 Å². The molecule has 2 saturated heterocycles. The van der Waals surface area contributed by atoms with Gasteiger partial charge in [0.15, 0.2) is 0 Å². The Kier molecular flexibility index (Phi) is 6.60. The number of halogens is 1. The molecular formula is C22H30ClN3O4. The second kappa shape index (κ2) is 8.84. The minimum absolute atomic E-state index is 0.0181. The molecule has 1 spiro atoms. The summed E-state index contributed by atoms with van der Waals surface area (Å²) in [5.41, 5.74) is 0.569. The number of piperidine rings is 1. The van der Waals surface area contributed by atoms with Crippen molar-refractivity contribution >= 4 is 29.5 Å². The zero-order valence-corrected chi connectivity index (χ0v) is 18.7. The number of rotatable bonds is 5. The van der Waals surface area contributed by atoms with Gasteiger partial charge < -0.3 is 19.9 Å². The molecule has 2 aliphatic heterocycles. The van der Waals surface area contributed by atoms with Crippen LogP contribution in [0.4, 0.5) is 4.79 Å². The largest absolute Gasteiger partial charge is 0.467 e. The van der Waals surface area contributed by atoms with Gasteiger partial charge in [-0.15, -0.1) is 0 Å². The molecule has 8 heteroatoms. The van der Waals surface area contributed by atoms with E-state index in [-0.39, 0.29) is 23.9 Å². The zero-order chi connectivity index (χ0) is 22.1. The summed E-state index contributed by atoms with van der Waals surface area (Å²) in [7, 11) is 3.14. The third kappa shape index (κ3) is 3.87. The number of nitrogens with one attached hydrogen (secondary N) is 1. The van der Waals surface area contributed by atoms with Crippen molar-refractivity contribution in [3.8, 4) is 0 Å². The molecule has 0 aliphatic carbocycles.